The molecule has 0 aliphatic heterocycles. The molecule has 0 saturated carbocycles. The number of aliphatic hydroxyl groups excluding tert-OH is 1. The van der Waals surface area contributed by atoms with Crippen LogP contribution in [0, 0.1) is 11.8 Å². The molecule has 0 saturated heterocycles. The van der Waals surface area contributed by atoms with Crippen LogP contribution in [0.2, 0.25) is 0 Å². The van der Waals surface area contributed by atoms with Crippen molar-refractivity contribution in [2.24, 2.45) is 17.6 Å². The third kappa shape index (κ3) is 11.6. The van der Waals surface area contributed by atoms with Crippen molar-refractivity contribution in [3.8, 4) is 0 Å². The Kier molecular flexibility index (Phi) is 13.1. The van der Waals surface area contributed by atoms with Gasteiger partial charge < -0.3 is 37.0 Å². The molecule has 12 nitrogen and oxygen atoms in total. The fraction of sp³-hybridized carbons (Fsp3) is 0.750. The average Bonchev–Trinajstić information content (AvgIpc) is 2.66. The Balaban J connectivity index is 5.23. The standard InChI is InChI=1S/C20H36N4O8/c1-10(2)7-12(21)17(28)23-14(8-11(3)4)18(29)24-15(9-25)19(30)22-13(20(31)32)5-6-16(26)27/h10-15,25H,5-9,21H2,1-4H3,(H,22,30)(H,23,28)(H,24,29)(H,26,27)(H,31,32). The predicted octanol–water partition coefficient (Wildman–Crippen LogP) is -1.20. The van der Waals surface area contributed by atoms with Gasteiger partial charge in [0.15, 0.2) is 0 Å². The summed E-state index contributed by atoms with van der Waals surface area (Å²) in [6, 6.07) is -4.85. The van der Waals surface area contributed by atoms with Crippen molar-refractivity contribution in [1.82, 2.24) is 16.0 Å². The van der Waals surface area contributed by atoms with Crippen molar-refractivity contribution in [2.45, 2.75) is 77.5 Å². The Bertz CT molecular complexity index is 668. The first-order valence-electron chi connectivity index (χ1n) is 10.5. The predicted molar refractivity (Wildman–Crippen MR) is 114 cm³/mol. The maximum atomic E-state index is 12.7. The number of amides is 3. The van der Waals surface area contributed by atoms with E-state index in [1.807, 2.05) is 27.7 Å². The molecule has 8 N–H and O–H groups in total. The van der Waals surface area contributed by atoms with E-state index in [2.05, 4.69) is 16.0 Å². The van der Waals surface area contributed by atoms with E-state index in [0.29, 0.717) is 6.42 Å². The van der Waals surface area contributed by atoms with Crippen LogP contribution in [0.1, 0.15) is 53.4 Å². The van der Waals surface area contributed by atoms with Crippen molar-refractivity contribution < 1.29 is 39.3 Å². The minimum absolute atomic E-state index is 0.00110. The van der Waals surface area contributed by atoms with Gasteiger partial charge in [-0.3, -0.25) is 19.2 Å². The highest BCUT2D eigenvalue weighted by molar-refractivity contribution is 5.94. The molecule has 32 heavy (non-hydrogen) atoms. The molecule has 0 rings (SSSR count). The van der Waals surface area contributed by atoms with Crippen molar-refractivity contribution in [2.75, 3.05) is 6.61 Å². The van der Waals surface area contributed by atoms with Gasteiger partial charge >= 0.3 is 11.9 Å². The molecule has 12 heteroatoms. The zero-order valence-corrected chi connectivity index (χ0v) is 19.0. The summed E-state index contributed by atoms with van der Waals surface area (Å²) in [6.45, 7) is 6.62. The second-order valence-corrected chi connectivity index (χ2v) is 8.50. The smallest absolute Gasteiger partial charge is 0.326 e. The second-order valence-electron chi connectivity index (χ2n) is 8.50. The molecule has 0 aliphatic rings. The molecule has 0 fully saturated rings. The SMILES string of the molecule is CC(C)CC(N)C(=O)NC(CC(C)C)C(=O)NC(CO)C(=O)NC(CCC(=O)O)C(=O)O. The zero-order valence-electron chi connectivity index (χ0n) is 19.0. The topological polar surface area (TPSA) is 208 Å². The van der Waals surface area contributed by atoms with Gasteiger partial charge in [0, 0.05) is 6.42 Å². The third-order valence-electron chi connectivity index (χ3n) is 4.48. The summed E-state index contributed by atoms with van der Waals surface area (Å²) >= 11 is 0. The van der Waals surface area contributed by atoms with E-state index in [1.54, 1.807) is 0 Å². The van der Waals surface area contributed by atoms with Gasteiger partial charge in [-0.1, -0.05) is 27.7 Å². The van der Waals surface area contributed by atoms with Crippen molar-refractivity contribution in [1.29, 1.82) is 0 Å². The number of carbonyl (C=O) groups excluding carboxylic acids is 3. The molecular weight excluding hydrogens is 424 g/mol. The number of nitrogens with two attached hydrogens (primary N) is 1. The Labute approximate surface area is 187 Å². The highest BCUT2D eigenvalue weighted by Gasteiger charge is 2.30. The lowest BCUT2D eigenvalue weighted by atomic mass is 10.0. The number of carboxylic acids is 2. The molecular formula is C20H36N4O8. The summed E-state index contributed by atoms with van der Waals surface area (Å²) < 4.78 is 0. The second kappa shape index (κ2) is 14.4. The highest BCUT2D eigenvalue weighted by atomic mass is 16.4. The van der Waals surface area contributed by atoms with Gasteiger partial charge in [0.2, 0.25) is 17.7 Å². The van der Waals surface area contributed by atoms with E-state index in [0.717, 1.165) is 0 Å². The lowest BCUT2D eigenvalue weighted by molar-refractivity contribution is -0.143. The molecule has 0 spiro atoms. The molecule has 0 heterocycles. The molecule has 0 aromatic heterocycles. The fourth-order valence-electron chi connectivity index (χ4n) is 2.86. The minimum atomic E-state index is -1.51. The Morgan fingerprint density at radius 1 is 0.750 bits per heavy atom. The molecule has 0 aromatic rings. The van der Waals surface area contributed by atoms with E-state index in [-0.39, 0.29) is 24.7 Å². The van der Waals surface area contributed by atoms with Crippen molar-refractivity contribution >= 4 is 29.7 Å². The third-order valence-corrected chi connectivity index (χ3v) is 4.48. The molecule has 0 aliphatic carbocycles. The van der Waals surface area contributed by atoms with E-state index in [9.17, 15) is 29.1 Å². The monoisotopic (exact) mass is 460 g/mol. The van der Waals surface area contributed by atoms with Crippen molar-refractivity contribution in [3.05, 3.63) is 0 Å². The molecule has 4 atom stereocenters. The van der Waals surface area contributed by atoms with Crippen LogP contribution in [-0.2, 0) is 24.0 Å². The summed E-state index contributed by atoms with van der Waals surface area (Å²) in [4.78, 5) is 59.3. The average molecular weight is 461 g/mol. The summed E-state index contributed by atoms with van der Waals surface area (Å²) in [5.41, 5.74) is 5.86. The molecule has 0 radical (unpaired) electrons. The summed E-state index contributed by atoms with van der Waals surface area (Å²) in [5, 5.41) is 34.3. The Hall–Kier alpha value is -2.73. The van der Waals surface area contributed by atoms with E-state index < -0.39 is 66.9 Å². The van der Waals surface area contributed by atoms with Crippen LogP contribution in [0.25, 0.3) is 0 Å². The number of rotatable bonds is 15. The van der Waals surface area contributed by atoms with Gasteiger partial charge in [0.1, 0.15) is 18.1 Å². The molecule has 4 unspecified atom stereocenters. The molecule has 184 valence electrons. The van der Waals surface area contributed by atoms with Crippen LogP contribution < -0.4 is 21.7 Å². The maximum absolute atomic E-state index is 12.7. The normalized spacial score (nSPS) is 14.9. The van der Waals surface area contributed by atoms with Crippen LogP contribution in [0.3, 0.4) is 0 Å². The minimum Gasteiger partial charge on any atom is -0.481 e. The lowest BCUT2D eigenvalue weighted by Gasteiger charge is -2.25. The summed E-state index contributed by atoms with van der Waals surface area (Å²) in [5.74, 6) is -4.78. The summed E-state index contributed by atoms with van der Waals surface area (Å²) in [7, 11) is 0. The van der Waals surface area contributed by atoms with Crippen LogP contribution in [0.5, 0.6) is 0 Å². The van der Waals surface area contributed by atoms with E-state index >= 15 is 0 Å². The van der Waals surface area contributed by atoms with Gasteiger partial charge in [-0.25, -0.2) is 4.79 Å². The van der Waals surface area contributed by atoms with E-state index in [1.165, 1.54) is 0 Å². The van der Waals surface area contributed by atoms with Crippen LogP contribution in [0.4, 0.5) is 0 Å². The number of aliphatic hydroxyl groups is 1. The van der Waals surface area contributed by atoms with Gasteiger partial charge in [-0.15, -0.1) is 0 Å². The summed E-state index contributed by atoms with van der Waals surface area (Å²) in [6.07, 6.45) is -0.215. The first kappa shape index (κ1) is 29.3. The maximum Gasteiger partial charge on any atom is 0.326 e. The number of hydrogen-bond donors (Lipinski definition) is 7. The first-order chi connectivity index (χ1) is 14.8. The Morgan fingerprint density at radius 3 is 1.66 bits per heavy atom. The fourth-order valence-corrected chi connectivity index (χ4v) is 2.86. The quantitative estimate of drug-likeness (QED) is 0.156. The van der Waals surface area contributed by atoms with Gasteiger partial charge in [0.05, 0.1) is 12.6 Å². The Morgan fingerprint density at radius 2 is 1.22 bits per heavy atom. The van der Waals surface area contributed by atoms with Gasteiger partial charge in [-0.2, -0.15) is 0 Å². The van der Waals surface area contributed by atoms with Gasteiger partial charge in [-0.05, 0) is 31.1 Å². The largest absolute Gasteiger partial charge is 0.481 e. The molecule has 3 amide bonds. The molecule has 0 aromatic carbocycles. The van der Waals surface area contributed by atoms with E-state index in [4.69, 9.17) is 15.9 Å². The zero-order chi connectivity index (χ0) is 25.0. The number of nitrogens with one attached hydrogen (secondary N) is 3. The number of aliphatic carboxylic acids is 2. The van der Waals surface area contributed by atoms with Crippen LogP contribution in [0.15, 0.2) is 0 Å². The number of carboxylic acid groups (broad SMARTS) is 2. The highest BCUT2D eigenvalue weighted by Crippen LogP contribution is 2.08. The van der Waals surface area contributed by atoms with Crippen LogP contribution in [-0.4, -0.2) is 75.8 Å². The van der Waals surface area contributed by atoms with Crippen LogP contribution >= 0.6 is 0 Å². The lowest BCUT2D eigenvalue weighted by Crippen LogP contribution is -2.58. The molecule has 0 bridgehead atoms. The van der Waals surface area contributed by atoms with Crippen molar-refractivity contribution in [3.63, 3.8) is 0 Å². The van der Waals surface area contributed by atoms with Gasteiger partial charge in [0.25, 0.3) is 0 Å². The number of carbonyl (C=O) groups is 5. The number of hydrogen-bond acceptors (Lipinski definition) is 7. The first-order valence-corrected chi connectivity index (χ1v) is 10.5.